The highest BCUT2D eigenvalue weighted by molar-refractivity contribution is 7.46. The molecular weight excluding hydrogens is 699 g/mol. The average molecular weight is 787 g/mol. The van der Waals surface area contributed by atoms with Gasteiger partial charge in [-0.15, -0.1) is 0 Å². The van der Waals surface area contributed by atoms with E-state index in [1.807, 2.05) is 0 Å². The van der Waals surface area contributed by atoms with Crippen LogP contribution in [0, 0.1) is 0 Å². The third-order valence-corrected chi connectivity index (χ3v) is 10.8. The van der Waals surface area contributed by atoms with E-state index in [9.17, 15) is 14.2 Å². The number of phosphoric acid groups is 1. The molecule has 2 N–H and O–H groups in total. The van der Waals surface area contributed by atoms with Gasteiger partial charge in [-0.05, 0) is 38.5 Å². The molecule has 0 radical (unpaired) electrons. The van der Waals surface area contributed by atoms with Crippen LogP contribution in [0.5, 0.6) is 0 Å². The van der Waals surface area contributed by atoms with Gasteiger partial charge >= 0.3 is 19.8 Å². The van der Waals surface area contributed by atoms with Crippen LogP contribution in [0.3, 0.4) is 0 Å². The van der Waals surface area contributed by atoms with E-state index in [-0.39, 0.29) is 19.4 Å². The smallest absolute Gasteiger partial charge is 0.462 e. The number of esters is 2. The molecule has 320 valence electrons. The van der Waals surface area contributed by atoms with E-state index in [1.165, 1.54) is 154 Å². The van der Waals surface area contributed by atoms with Crippen molar-refractivity contribution in [1.29, 1.82) is 0 Å². The van der Waals surface area contributed by atoms with Gasteiger partial charge in [-0.1, -0.05) is 206 Å². The fraction of sp³-hybridized carbons (Fsp3) is 0.911. The Morgan fingerprint density at radius 1 is 0.463 bits per heavy atom. The van der Waals surface area contributed by atoms with E-state index >= 15 is 0 Å². The number of hydrogen-bond donors (Lipinski definition) is 2. The maximum atomic E-state index is 12.4. The van der Waals surface area contributed by atoms with Crippen LogP contribution >= 0.6 is 7.82 Å². The monoisotopic (exact) mass is 787 g/mol. The molecule has 0 aliphatic heterocycles. The zero-order valence-electron chi connectivity index (χ0n) is 35.4. The van der Waals surface area contributed by atoms with E-state index in [0.717, 1.165) is 57.8 Å². The van der Waals surface area contributed by atoms with E-state index in [4.69, 9.17) is 19.3 Å². The minimum Gasteiger partial charge on any atom is -0.462 e. The van der Waals surface area contributed by atoms with Crippen molar-refractivity contribution in [2.45, 2.75) is 251 Å². The zero-order valence-corrected chi connectivity index (χ0v) is 36.3. The molecule has 0 saturated heterocycles. The molecule has 0 spiro atoms. The highest BCUT2D eigenvalue weighted by atomic mass is 31.2. The predicted octanol–water partition coefficient (Wildman–Crippen LogP) is 14.2. The summed E-state index contributed by atoms with van der Waals surface area (Å²) >= 11 is 0. The van der Waals surface area contributed by atoms with Crippen molar-refractivity contribution in [2.24, 2.45) is 0 Å². The van der Waals surface area contributed by atoms with Gasteiger partial charge in [0.15, 0.2) is 6.10 Å². The maximum Gasteiger partial charge on any atom is 0.469 e. The van der Waals surface area contributed by atoms with Gasteiger partial charge in [0.25, 0.3) is 0 Å². The number of carbonyl (C=O) groups is 2. The number of hydrogen-bond acceptors (Lipinski definition) is 6. The van der Waals surface area contributed by atoms with E-state index in [2.05, 4.69) is 30.5 Å². The van der Waals surface area contributed by atoms with Crippen LogP contribution in [-0.4, -0.2) is 41.0 Å². The highest BCUT2D eigenvalue weighted by Crippen LogP contribution is 2.36. The Morgan fingerprint density at radius 3 is 1.17 bits per heavy atom. The number of carbonyl (C=O) groups excluding carboxylic acids is 2. The van der Waals surface area contributed by atoms with Crippen LogP contribution in [0.25, 0.3) is 0 Å². The first-order valence-electron chi connectivity index (χ1n) is 23.0. The lowest BCUT2D eigenvalue weighted by Crippen LogP contribution is -2.29. The van der Waals surface area contributed by atoms with Crippen LogP contribution in [0.2, 0.25) is 0 Å². The maximum absolute atomic E-state index is 12.4. The molecule has 0 aliphatic rings. The molecule has 0 aliphatic carbocycles. The summed E-state index contributed by atoms with van der Waals surface area (Å²) in [7, 11) is -4.75. The first-order chi connectivity index (χ1) is 26.3. The van der Waals surface area contributed by atoms with Gasteiger partial charge in [0.1, 0.15) is 6.61 Å². The molecule has 0 rings (SSSR count). The average Bonchev–Trinajstić information content (AvgIpc) is 3.14. The molecule has 54 heavy (non-hydrogen) atoms. The van der Waals surface area contributed by atoms with Crippen LogP contribution in [0.15, 0.2) is 12.2 Å². The summed E-state index contributed by atoms with van der Waals surface area (Å²) in [6, 6.07) is 0. The predicted molar refractivity (Wildman–Crippen MR) is 226 cm³/mol. The van der Waals surface area contributed by atoms with Crippen LogP contribution in [0.1, 0.15) is 245 Å². The molecule has 8 nitrogen and oxygen atoms in total. The van der Waals surface area contributed by atoms with Gasteiger partial charge in [0.05, 0.1) is 6.61 Å². The third kappa shape index (κ3) is 43.5. The molecular formula is C45H87O8P. The summed E-state index contributed by atoms with van der Waals surface area (Å²) in [6.07, 6.45) is 46.7. The second kappa shape index (κ2) is 41.4. The minimum atomic E-state index is -4.75. The van der Waals surface area contributed by atoms with Gasteiger partial charge < -0.3 is 19.3 Å². The molecule has 0 heterocycles. The van der Waals surface area contributed by atoms with Crippen molar-refractivity contribution in [1.82, 2.24) is 0 Å². The largest absolute Gasteiger partial charge is 0.469 e. The number of allylic oxidation sites excluding steroid dienone is 2. The molecule has 0 amide bonds. The molecule has 9 heteroatoms. The molecule has 0 aromatic carbocycles. The summed E-state index contributed by atoms with van der Waals surface area (Å²) in [4.78, 5) is 42.8. The number of phosphoric ester groups is 1. The summed E-state index contributed by atoms with van der Waals surface area (Å²) in [6.45, 7) is 3.68. The topological polar surface area (TPSA) is 119 Å². The van der Waals surface area contributed by atoms with Gasteiger partial charge in [-0.25, -0.2) is 4.57 Å². The normalized spacial score (nSPS) is 12.4. The molecule has 0 aromatic heterocycles. The second-order valence-corrected chi connectivity index (χ2v) is 17.0. The first-order valence-corrected chi connectivity index (χ1v) is 24.5. The fourth-order valence-corrected chi connectivity index (χ4v) is 7.20. The van der Waals surface area contributed by atoms with Gasteiger partial charge in [-0.2, -0.15) is 0 Å². The van der Waals surface area contributed by atoms with Crippen LogP contribution in [-0.2, 0) is 28.2 Å². The van der Waals surface area contributed by atoms with E-state index in [0.29, 0.717) is 6.42 Å². The highest BCUT2D eigenvalue weighted by Gasteiger charge is 2.23. The van der Waals surface area contributed by atoms with Crippen molar-refractivity contribution >= 4 is 19.8 Å². The summed E-state index contributed by atoms with van der Waals surface area (Å²) in [5, 5.41) is 0. The first kappa shape index (κ1) is 52.8. The Balaban J connectivity index is 3.75. The Morgan fingerprint density at radius 2 is 0.778 bits per heavy atom. The van der Waals surface area contributed by atoms with Crippen molar-refractivity contribution in [3.05, 3.63) is 12.2 Å². The fourth-order valence-electron chi connectivity index (χ4n) is 6.84. The second-order valence-electron chi connectivity index (χ2n) is 15.7. The van der Waals surface area contributed by atoms with Gasteiger partial charge in [0, 0.05) is 12.8 Å². The Labute approximate surface area is 333 Å². The molecule has 1 atom stereocenters. The number of ether oxygens (including phenoxy) is 2. The van der Waals surface area contributed by atoms with Crippen LogP contribution < -0.4 is 0 Å². The minimum absolute atomic E-state index is 0.206. The summed E-state index contributed by atoms with van der Waals surface area (Å²) < 4.78 is 26.4. The third-order valence-electron chi connectivity index (χ3n) is 10.3. The quantitative estimate of drug-likeness (QED) is 0.0271. The van der Waals surface area contributed by atoms with Crippen molar-refractivity contribution in [3.8, 4) is 0 Å². The number of rotatable bonds is 43. The molecule has 0 bridgehead atoms. The summed E-state index contributed by atoms with van der Waals surface area (Å²) in [5.41, 5.74) is 0. The number of unbranched alkanes of at least 4 members (excludes halogenated alkanes) is 31. The van der Waals surface area contributed by atoms with Gasteiger partial charge in [0.2, 0.25) is 0 Å². The molecule has 0 aromatic rings. The zero-order chi connectivity index (χ0) is 39.6. The lowest BCUT2D eigenvalue weighted by molar-refractivity contribution is -0.161. The molecule has 0 fully saturated rings. The van der Waals surface area contributed by atoms with Gasteiger partial charge in [-0.3, -0.25) is 14.1 Å². The van der Waals surface area contributed by atoms with Crippen LogP contribution in [0.4, 0.5) is 0 Å². The SMILES string of the molecule is CCCCC/C=C\CCCCCCCC(=O)OC(COC(=O)CCCCCCCCCCCCCCCCCCCCCCCCCC)COP(=O)(O)O. The lowest BCUT2D eigenvalue weighted by atomic mass is 10.0. The summed E-state index contributed by atoms with van der Waals surface area (Å²) in [5.74, 6) is -0.882. The Bertz CT molecular complexity index is 889. The molecule has 0 saturated carbocycles. The lowest BCUT2D eigenvalue weighted by Gasteiger charge is -2.18. The standard InChI is InChI=1S/C45H87O8P/c1-3-5-7-9-11-13-15-17-18-19-20-21-22-23-24-25-26-27-28-30-31-33-35-37-39-44(46)51-41-43(42-52-54(48,49)50)53-45(47)40-38-36-34-32-29-16-14-12-10-8-6-4-2/h12,14,43H,3-11,13,15-42H2,1-2H3,(H2,48,49,50)/b14-12-. The van der Waals surface area contributed by atoms with E-state index < -0.39 is 32.5 Å². The molecule has 1 unspecified atom stereocenters. The Kier molecular flexibility index (Phi) is 40.5. The Hall–Kier alpha value is -1.21. The van der Waals surface area contributed by atoms with Crippen molar-refractivity contribution < 1.29 is 37.9 Å². The van der Waals surface area contributed by atoms with E-state index in [1.54, 1.807) is 0 Å². The van der Waals surface area contributed by atoms with Crippen molar-refractivity contribution in [2.75, 3.05) is 13.2 Å². The van der Waals surface area contributed by atoms with Crippen molar-refractivity contribution in [3.63, 3.8) is 0 Å².